The number of ether oxygens (including phenoxy) is 1. The second kappa shape index (κ2) is 12.0. The molecular weight excluding hydrogens is 488 g/mol. The van der Waals surface area contributed by atoms with Crippen LogP contribution < -0.4 is 10.1 Å². The maximum atomic E-state index is 13.1. The quantitative estimate of drug-likeness (QED) is 0.300. The molecular formula is C29H29ClN4O3. The predicted molar refractivity (Wildman–Crippen MR) is 143 cm³/mol. The third kappa shape index (κ3) is 6.76. The van der Waals surface area contributed by atoms with E-state index in [-0.39, 0.29) is 11.8 Å². The van der Waals surface area contributed by atoms with E-state index in [0.29, 0.717) is 36.4 Å². The number of halogens is 1. The molecule has 0 bridgehead atoms. The largest absolute Gasteiger partial charge is 0.493 e. The monoisotopic (exact) mass is 516 g/mol. The third-order valence-electron chi connectivity index (χ3n) is 6.42. The Morgan fingerprint density at radius 2 is 1.92 bits per heavy atom. The number of carbonyl (C=O) groups is 1. The van der Waals surface area contributed by atoms with Crippen molar-refractivity contribution in [1.82, 2.24) is 15.0 Å². The summed E-state index contributed by atoms with van der Waals surface area (Å²) in [5.41, 5.74) is 2.70. The zero-order valence-electron chi connectivity index (χ0n) is 20.5. The van der Waals surface area contributed by atoms with Crippen molar-refractivity contribution >= 4 is 23.2 Å². The van der Waals surface area contributed by atoms with Crippen LogP contribution in [0.4, 0.5) is 5.69 Å². The summed E-state index contributed by atoms with van der Waals surface area (Å²) < 4.78 is 11.4. The molecule has 3 aromatic carbocycles. The van der Waals surface area contributed by atoms with Gasteiger partial charge < -0.3 is 14.6 Å². The molecule has 1 unspecified atom stereocenters. The normalized spacial score (nSPS) is 15.9. The summed E-state index contributed by atoms with van der Waals surface area (Å²) in [7, 11) is 0. The second-order valence-electron chi connectivity index (χ2n) is 9.17. The van der Waals surface area contributed by atoms with Crippen LogP contribution in [0.3, 0.4) is 0 Å². The number of anilines is 1. The average molecular weight is 517 g/mol. The van der Waals surface area contributed by atoms with Gasteiger partial charge in [-0.25, -0.2) is 0 Å². The van der Waals surface area contributed by atoms with Gasteiger partial charge in [0.15, 0.2) is 0 Å². The molecule has 1 aliphatic heterocycles. The first-order valence-electron chi connectivity index (χ1n) is 12.5. The van der Waals surface area contributed by atoms with Crippen molar-refractivity contribution in [2.75, 3.05) is 25.0 Å². The van der Waals surface area contributed by atoms with Crippen LogP contribution >= 0.6 is 11.6 Å². The highest BCUT2D eigenvalue weighted by molar-refractivity contribution is 6.33. The van der Waals surface area contributed by atoms with Crippen LogP contribution in [-0.2, 0) is 17.8 Å². The van der Waals surface area contributed by atoms with Crippen LogP contribution in [0.5, 0.6) is 5.75 Å². The lowest BCUT2D eigenvalue weighted by molar-refractivity contribution is -0.121. The summed E-state index contributed by atoms with van der Waals surface area (Å²) >= 11 is 6.26. The fraction of sp³-hybridized carbons (Fsp3) is 0.276. The van der Waals surface area contributed by atoms with Crippen molar-refractivity contribution in [2.45, 2.75) is 25.8 Å². The van der Waals surface area contributed by atoms with E-state index < -0.39 is 0 Å². The molecule has 1 aliphatic rings. The molecule has 37 heavy (non-hydrogen) atoms. The fourth-order valence-electron chi connectivity index (χ4n) is 4.51. The minimum atomic E-state index is -0.123. The fourth-order valence-corrected chi connectivity index (χ4v) is 4.74. The molecule has 0 radical (unpaired) electrons. The average Bonchev–Trinajstić information content (AvgIpc) is 3.38. The van der Waals surface area contributed by atoms with Gasteiger partial charge in [0.1, 0.15) is 5.75 Å². The molecule has 0 saturated carbocycles. The first-order chi connectivity index (χ1) is 18.1. The first kappa shape index (κ1) is 25.0. The van der Waals surface area contributed by atoms with Crippen molar-refractivity contribution < 1.29 is 14.1 Å². The van der Waals surface area contributed by atoms with E-state index in [1.54, 1.807) is 6.07 Å². The number of nitrogens with zero attached hydrogens (tertiary/aromatic N) is 3. The standard InChI is InChI=1S/C29H29ClN4O3/c30-26-14-5-4-13-25(26)28-32-27(37-33-28)20-34-16-7-10-22(19-34)29(35)31-23-11-6-12-24(18-23)36-17-15-21-8-2-1-3-9-21/h1-6,8-9,11-14,18,22H,7,10,15-17,19-20H2,(H,31,35). The Labute approximate surface area is 221 Å². The molecule has 1 fully saturated rings. The summed E-state index contributed by atoms with van der Waals surface area (Å²) in [5, 5.41) is 7.72. The lowest BCUT2D eigenvalue weighted by Crippen LogP contribution is -2.40. The molecule has 0 aliphatic carbocycles. The van der Waals surface area contributed by atoms with Gasteiger partial charge >= 0.3 is 0 Å². The number of amides is 1. The number of likely N-dealkylation sites (tertiary alicyclic amines) is 1. The Morgan fingerprint density at radius 1 is 1.08 bits per heavy atom. The van der Waals surface area contributed by atoms with Crippen molar-refractivity contribution in [3.05, 3.63) is 95.3 Å². The third-order valence-corrected chi connectivity index (χ3v) is 6.75. The van der Waals surface area contributed by atoms with Gasteiger partial charge in [0.05, 0.1) is 24.1 Å². The van der Waals surface area contributed by atoms with Crippen LogP contribution in [0.2, 0.25) is 5.02 Å². The molecule has 1 amide bonds. The minimum absolute atomic E-state index is 0.00780. The SMILES string of the molecule is O=C(Nc1cccc(OCCc2ccccc2)c1)C1CCCN(Cc2nc(-c3ccccc3Cl)no2)C1. The van der Waals surface area contributed by atoms with Gasteiger partial charge in [0.2, 0.25) is 17.6 Å². The highest BCUT2D eigenvalue weighted by Gasteiger charge is 2.27. The van der Waals surface area contributed by atoms with Gasteiger partial charge in [-0.05, 0) is 49.2 Å². The number of benzene rings is 3. The van der Waals surface area contributed by atoms with Crippen LogP contribution in [0.1, 0.15) is 24.3 Å². The first-order valence-corrected chi connectivity index (χ1v) is 12.9. The van der Waals surface area contributed by atoms with Crippen LogP contribution in [0.25, 0.3) is 11.4 Å². The van der Waals surface area contributed by atoms with Gasteiger partial charge in [0.25, 0.3) is 0 Å². The molecule has 1 saturated heterocycles. The van der Waals surface area contributed by atoms with Gasteiger partial charge in [-0.3, -0.25) is 9.69 Å². The number of carbonyl (C=O) groups excluding carboxylic acids is 1. The second-order valence-corrected chi connectivity index (χ2v) is 9.57. The van der Waals surface area contributed by atoms with E-state index in [0.717, 1.165) is 42.8 Å². The molecule has 5 rings (SSSR count). The summed E-state index contributed by atoms with van der Waals surface area (Å²) in [6, 6.07) is 25.2. The van der Waals surface area contributed by atoms with E-state index in [9.17, 15) is 4.79 Å². The Hall–Kier alpha value is -3.68. The van der Waals surface area contributed by atoms with E-state index in [1.165, 1.54) is 5.56 Å². The van der Waals surface area contributed by atoms with Crippen LogP contribution in [-0.4, -0.2) is 40.6 Å². The molecule has 4 aromatic rings. The number of piperidine rings is 1. The zero-order valence-corrected chi connectivity index (χ0v) is 21.2. The lowest BCUT2D eigenvalue weighted by Gasteiger charge is -2.30. The minimum Gasteiger partial charge on any atom is -0.493 e. The maximum absolute atomic E-state index is 13.1. The lowest BCUT2D eigenvalue weighted by atomic mass is 9.97. The number of rotatable bonds is 9. The Balaban J connectivity index is 1.13. The van der Waals surface area contributed by atoms with Crippen molar-refractivity contribution in [3.8, 4) is 17.1 Å². The Bertz CT molecular complexity index is 1330. The highest BCUT2D eigenvalue weighted by atomic mass is 35.5. The Kier molecular flexibility index (Phi) is 8.13. The smallest absolute Gasteiger partial charge is 0.241 e. The van der Waals surface area contributed by atoms with Gasteiger partial charge in [-0.2, -0.15) is 4.98 Å². The molecule has 8 heteroatoms. The topological polar surface area (TPSA) is 80.5 Å². The van der Waals surface area contributed by atoms with Crippen LogP contribution in [0, 0.1) is 5.92 Å². The summed E-state index contributed by atoms with van der Waals surface area (Å²) in [6.45, 7) is 2.57. The molecule has 1 aromatic heterocycles. The molecule has 1 atom stereocenters. The molecule has 2 heterocycles. The van der Waals surface area contributed by atoms with E-state index in [4.69, 9.17) is 20.9 Å². The zero-order chi connectivity index (χ0) is 25.5. The molecule has 0 spiro atoms. The number of aromatic nitrogens is 2. The molecule has 190 valence electrons. The summed E-state index contributed by atoms with van der Waals surface area (Å²) in [6.07, 6.45) is 2.59. The highest BCUT2D eigenvalue weighted by Crippen LogP contribution is 2.26. The number of hydrogen-bond acceptors (Lipinski definition) is 6. The van der Waals surface area contributed by atoms with Gasteiger partial charge in [-0.1, -0.05) is 65.3 Å². The van der Waals surface area contributed by atoms with Gasteiger partial charge in [0, 0.05) is 30.3 Å². The number of hydrogen-bond donors (Lipinski definition) is 1. The Morgan fingerprint density at radius 3 is 2.78 bits per heavy atom. The van der Waals surface area contributed by atoms with E-state index in [2.05, 4.69) is 32.5 Å². The maximum Gasteiger partial charge on any atom is 0.241 e. The van der Waals surface area contributed by atoms with Crippen molar-refractivity contribution in [3.63, 3.8) is 0 Å². The van der Waals surface area contributed by atoms with Crippen LogP contribution in [0.15, 0.2) is 83.4 Å². The van der Waals surface area contributed by atoms with Gasteiger partial charge in [-0.15, -0.1) is 0 Å². The summed E-state index contributed by atoms with van der Waals surface area (Å²) in [4.78, 5) is 19.7. The predicted octanol–water partition coefficient (Wildman–Crippen LogP) is 5.86. The molecule has 1 N–H and O–H groups in total. The number of nitrogens with one attached hydrogen (secondary N) is 1. The van der Waals surface area contributed by atoms with E-state index >= 15 is 0 Å². The van der Waals surface area contributed by atoms with Crippen molar-refractivity contribution in [2.24, 2.45) is 5.92 Å². The van der Waals surface area contributed by atoms with E-state index in [1.807, 2.05) is 60.7 Å². The summed E-state index contributed by atoms with van der Waals surface area (Å²) in [5.74, 6) is 1.61. The van der Waals surface area contributed by atoms with Crippen molar-refractivity contribution in [1.29, 1.82) is 0 Å². The molecule has 7 nitrogen and oxygen atoms in total.